The van der Waals surface area contributed by atoms with Crippen molar-refractivity contribution in [3.63, 3.8) is 0 Å². The molecule has 1 amide bonds. The third kappa shape index (κ3) is 2.72. The van der Waals surface area contributed by atoms with Gasteiger partial charge in [-0.15, -0.1) is 0 Å². The fourth-order valence-electron chi connectivity index (χ4n) is 2.95. The maximum atomic E-state index is 10.8. The molecule has 20 heavy (non-hydrogen) atoms. The van der Waals surface area contributed by atoms with Crippen molar-refractivity contribution in [1.82, 2.24) is 5.48 Å². The van der Waals surface area contributed by atoms with Crippen LogP contribution in [-0.4, -0.2) is 32.2 Å². The molecule has 2 aliphatic rings. The van der Waals surface area contributed by atoms with Gasteiger partial charge < -0.3 is 9.64 Å². The van der Waals surface area contributed by atoms with E-state index >= 15 is 0 Å². The number of anilines is 1. The Morgan fingerprint density at radius 1 is 1.55 bits per heavy atom. The van der Waals surface area contributed by atoms with E-state index in [1.165, 1.54) is 18.2 Å². The van der Waals surface area contributed by atoms with Crippen molar-refractivity contribution in [3.8, 4) is 5.75 Å². The first-order valence-electron chi connectivity index (χ1n) is 7.12. The van der Waals surface area contributed by atoms with Crippen LogP contribution in [0.15, 0.2) is 18.2 Å². The van der Waals surface area contributed by atoms with Gasteiger partial charge in [-0.3, -0.25) is 9.63 Å². The van der Waals surface area contributed by atoms with Gasteiger partial charge in [0.05, 0.1) is 13.2 Å². The minimum absolute atomic E-state index is 0.155. The zero-order chi connectivity index (χ0) is 13.9. The Balaban J connectivity index is 1.60. The number of amides is 1. The van der Waals surface area contributed by atoms with Crippen molar-refractivity contribution in [2.45, 2.75) is 19.8 Å². The Morgan fingerprint density at radius 3 is 3.30 bits per heavy atom. The number of nitrogens with one attached hydrogen (secondary N) is 1. The van der Waals surface area contributed by atoms with Crippen LogP contribution in [0.2, 0.25) is 0 Å². The summed E-state index contributed by atoms with van der Waals surface area (Å²) < 4.78 is 5.62. The van der Waals surface area contributed by atoms with Gasteiger partial charge in [-0.25, -0.2) is 5.48 Å². The smallest absolute Gasteiger partial charge is 0.240 e. The molecule has 5 heteroatoms. The van der Waals surface area contributed by atoms with Gasteiger partial charge in [0.15, 0.2) is 0 Å². The van der Waals surface area contributed by atoms with Crippen molar-refractivity contribution in [3.05, 3.63) is 23.8 Å². The molecule has 1 fully saturated rings. The monoisotopic (exact) mass is 276 g/mol. The molecular weight excluding hydrogens is 256 g/mol. The summed E-state index contributed by atoms with van der Waals surface area (Å²) in [6, 6.07) is 6.27. The van der Waals surface area contributed by atoms with Crippen LogP contribution in [0.1, 0.15) is 18.9 Å². The number of hydroxylamine groups is 1. The van der Waals surface area contributed by atoms with E-state index in [4.69, 9.17) is 9.57 Å². The SMILES string of the molecule is CC(=O)NOC[C@H]1CCN(c2cccc3c2CCO3)C1. The van der Waals surface area contributed by atoms with E-state index in [1.807, 2.05) is 6.07 Å². The van der Waals surface area contributed by atoms with Crippen molar-refractivity contribution in [2.24, 2.45) is 5.92 Å². The lowest BCUT2D eigenvalue weighted by atomic mass is 10.1. The third-order valence-electron chi connectivity index (χ3n) is 3.88. The number of hydrogen-bond donors (Lipinski definition) is 1. The highest BCUT2D eigenvalue weighted by Crippen LogP contribution is 2.36. The molecule has 1 N–H and O–H groups in total. The van der Waals surface area contributed by atoms with Gasteiger partial charge >= 0.3 is 0 Å². The van der Waals surface area contributed by atoms with Crippen LogP contribution in [0.3, 0.4) is 0 Å². The molecule has 0 saturated carbocycles. The molecule has 1 saturated heterocycles. The van der Waals surface area contributed by atoms with E-state index in [0.717, 1.165) is 38.3 Å². The first-order chi connectivity index (χ1) is 9.74. The largest absolute Gasteiger partial charge is 0.493 e. The highest BCUT2D eigenvalue weighted by molar-refractivity contribution is 5.71. The van der Waals surface area contributed by atoms with E-state index in [2.05, 4.69) is 22.5 Å². The average Bonchev–Trinajstić information content (AvgIpc) is 3.06. The summed E-state index contributed by atoms with van der Waals surface area (Å²) in [6.07, 6.45) is 2.08. The molecule has 5 nitrogen and oxygen atoms in total. The predicted octanol–water partition coefficient (Wildman–Crippen LogP) is 1.52. The first kappa shape index (κ1) is 13.2. The summed E-state index contributed by atoms with van der Waals surface area (Å²) in [5.74, 6) is 1.33. The second-order valence-electron chi connectivity index (χ2n) is 5.42. The highest BCUT2D eigenvalue weighted by atomic mass is 16.6. The lowest BCUT2D eigenvalue weighted by Crippen LogP contribution is -2.26. The minimum atomic E-state index is -0.155. The first-order valence-corrected chi connectivity index (χ1v) is 7.12. The summed E-state index contributed by atoms with van der Waals surface area (Å²) in [5.41, 5.74) is 5.01. The summed E-state index contributed by atoms with van der Waals surface area (Å²) in [6.45, 7) is 4.81. The Bertz CT molecular complexity index is 504. The number of carbonyl (C=O) groups is 1. The maximum absolute atomic E-state index is 10.8. The van der Waals surface area contributed by atoms with E-state index < -0.39 is 0 Å². The van der Waals surface area contributed by atoms with Crippen molar-refractivity contribution in [1.29, 1.82) is 0 Å². The Hall–Kier alpha value is -1.75. The zero-order valence-electron chi connectivity index (χ0n) is 11.7. The number of fused-ring (bicyclic) bond motifs is 1. The molecule has 3 rings (SSSR count). The predicted molar refractivity (Wildman–Crippen MR) is 75.7 cm³/mol. The fourth-order valence-corrected chi connectivity index (χ4v) is 2.95. The number of nitrogens with zero attached hydrogens (tertiary/aromatic N) is 1. The summed E-state index contributed by atoms with van der Waals surface area (Å²) in [5, 5.41) is 0. The van der Waals surface area contributed by atoms with Gasteiger partial charge in [0.1, 0.15) is 5.75 Å². The van der Waals surface area contributed by atoms with Crippen LogP contribution in [0.4, 0.5) is 5.69 Å². The normalized spacial score (nSPS) is 20.6. The molecule has 1 aromatic carbocycles. The Morgan fingerprint density at radius 2 is 2.45 bits per heavy atom. The van der Waals surface area contributed by atoms with Crippen LogP contribution >= 0.6 is 0 Å². The minimum Gasteiger partial charge on any atom is -0.493 e. The molecule has 0 radical (unpaired) electrons. The summed E-state index contributed by atoms with van der Waals surface area (Å²) >= 11 is 0. The van der Waals surface area contributed by atoms with E-state index in [0.29, 0.717) is 12.5 Å². The number of rotatable bonds is 4. The van der Waals surface area contributed by atoms with Gasteiger partial charge in [-0.2, -0.15) is 0 Å². The molecule has 0 unspecified atom stereocenters. The number of carbonyl (C=O) groups excluding carboxylic acids is 1. The standard InChI is InChI=1S/C15H20N2O3/c1-11(18)16-20-10-12-5-7-17(9-12)14-3-2-4-15-13(14)6-8-19-15/h2-4,12H,5-10H2,1H3,(H,16,18)/t12-/m0/s1. The van der Waals surface area contributed by atoms with Gasteiger partial charge in [-0.05, 0) is 18.6 Å². The summed E-state index contributed by atoms with van der Waals surface area (Å²) in [4.78, 5) is 18.4. The second-order valence-corrected chi connectivity index (χ2v) is 5.42. The van der Waals surface area contributed by atoms with Gasteiger partial charge in [0, 0.05) is 43.6 Å². The van der Waals surface area contributed by atoms with Crippen LogP contribution in [0.25, 0.3) is 0 Å². The van der Waals surface area contributed by atoms with Crippen LogP contribution in [0.5, 0.6) is 5.75 Å². The van der Waals surface area contributed by atoms with Crippen molar-refractivity contribution in [2.75, 3.05) is 31.2 Å². The fraction of sp³-hybridized carbons (Fsp3) is 0.533. The molecular formula is C15H20N2O3. The Labute approximate surface area is 118 Å². The molecule has 0 spiro atoms. The molecule has 108 valence electrons. The molecule has 0 bridgehead atoms. The lowest BCUT2D eigenvalue weighted by Gasteiger charge is -2.21. The van der Waals surface area contributed by atoms with Gasteiger partial charge in [0.25, 0.3) is 0 Å². The third-order valence-corrected chi connectivity index (χ3v) is 3.88. The van der Waals surface area contributed by atoms with Crippen LogP contribution in [0, 0.1) is 5.92 Å². The highest BCUT2D eigenvalue weighted by Gasteiger charge is 2.26. The topological polar surface area (TPSA) is 50.8 Å². The quantitative estimate of drug-likeness (QED) is 0.847. The van der Waals surface area contributed by atoms with Gasteiger partial charge in [-0.1, -0.05) is 6.07 Å². The Kier molecular flexibility index (Phi) is 3.78. The van der Waals surface area contributed by atoms with E-state index in [9.17, 15) is 4.79 Å². The number of hydrogen-bond acceptors (Lipinski definition) is 4. The molecule has 1 aromatic rings. The van der Waals surface area contributed by atoms with Crippen molar-refractivity contribution < 1.29 is 14.4 Å². The van der Waals surface area contributed by atoms with Crippen LogP contribution < -0.4 is 15.1 Å². The van der Waals surface area contributed by atoms with E-state index in [1.54, 1.807) is 0 Å². The molecule has 2 heterocycles. The van der Waals surface area contributed by atoms with Gasteiger partial charge in [0.2, 0.25) is 5.91 Å². The van der Waals surface area contributed by atoms with Crippen molar-refractivity contribution >= 4 is 11.6 Å². The lowest BCUT2D eigenvalue weighted by molar-refractivity contribution is -0.132. The second kappa shape index (κ2) is 5.71. The molecule has 0 aliphatic carbocycles. The molecule has 2 aliphatic heterocycles. The maximum Gasteiger partial charge on any atom is 0.240 e. The molecule has 1 atom stereocenters. The summed E-state index contributed by atoms with van der Waals surface area (Å²) in [7, 11) is 0. The van der Waals surface area contributed by atoms with Crippen LogP contribution in [-0.2, 0) is 16.1 Å². The number of ether oxygens (including phenoxy) is 1. The average molecular weight is 276 g/mol. The van der Waals surface area contributed by atoms with E-state index in [-0.39, 0.29) is 5.91 Å². The number of benzene rings is 1. The molecule has 0 aromatic heterocycles. The zero-order valence-corrected chi connectivity index (χ0v) is 11.7.